The Morgan fingerprint density at radius 1 is 0.947 bits per heavy atom. The molecule has 0 atom stereocenters. The van der Waals surface area contributed by atoms with Gasteiger partial charge in [-0.15, -0.1) is 0 Å². The number of nitrogens with zero attached hydrogens (tertiary/aromatic N) is 1. The third-order valence-corrected chi connectivity index (χ3v) is 3.54. The smallest absolute Gasteiger partial charge is 0.0431 e. The fraction of sp³-hybridized carbons (Fsp3) is 0.412. The minimum atomic E-state index is 0.304. The highest BCUT2D eigenvalue weighted by molar-refractivity contribution is 5.82. The zero-order valence-corrected chi connectivity index (χ0v) is 11.7. The molecular weight excluding hydrogens is 234 g/mol. The first-order chi connectivity index (χ1) is 9.29. The predicted molar refractivity (Wildman–Crippen MR) is 81.5 cm³/mol. The summed E-state index contributed by atoms with van der Waals surface area (Å²) < 4.78 is 0. The fourth-order valence-corrected chi connectivity index (χ4v) is 2.32. The zero-order chi connectivity index (χ0) is 13.5. The summed E-state index contributed by atoms with van der Waals surface area (Å²) >= 11 is 0. The van der Waals surface area contributed by atoms with Gasteiger partial charge in [0.05, 0.1) is 0 Å². The summed E-state index contributed by atoms with van der Waals surface area (Å²) in [4.78, 5) is 2.34. The topological polar surface area (TPSA) is 23.5 Å². The fourth-order valence-electron chi connectivity index (χ4n) is 2.32. The van der Waals surface area contributed by atoms with Gasteiger partial charge in [0.1, 0.15) is 0 Å². The van der Waals surface area contributed by atoms with Gasteiger partial charge in [-0.05, 0) is 49.2 Å². The number of fused-ring (bicyclic) bond motifs is 1. The highest BCUT2D eigenvalue weighted by atomic mass is 16.2. The predicted octanol–water partition coefficient (Wildman–Crippen LogP) is 3.09. The molecule has 2 aromatic rings. The summed E-state index contributed by atoms with van der Waals surface area (Å²) in [6.45, 7) is 2.44. The maximum absolute atomic E-state index is 8.77. The van der Waals surface area contributed by atoms with Gasteiger partial charge in [0.25, 0.3) is 0 Å². The molecule has 2 nitrogen and oxygen atoms in total. The maximum atomic E-state index is 8.77. The monoisotopic (exact) mass is 257 g/mol. The first-order valence-electron chi connectivity index (χ1n) is 7.06. The van der Waals surface area contributed by atoms with Gasteiger partial charge in [0.15, 0.2) is 0 Å². The number of aliphatic hydroxyl groups is 1. The molecule has 0 amide bonds. The molecule has 0 spiro atoms. The SMILES string of the molecule is CN(CCCCO)CCc1ccc2ccccc2c1. The number of benzene rings is 2. The van der Waals surface area contributed by atoms with Gasteiger partial charge in [-0.3, -0.25) is 0 Å². The lowest BCUT2D eigenvalue weighted by molar-refractivity contribution is 0.264. The molecule has 0 radical (unpaired) electrons. The zero-order valence-electron chi connectivity index (χ0n) is 11.7. The third kappa shape index (κ3) is 4.34. The van der Waals surface area contributed by atoms with Crippen molar-refractivity contribution in [3.63, 3.8) is 0 Å². The molecule has 2 rings (SSSR count). The Kier molecular flexibility index (Phi) is 5.37. The minimum Gasteiger partial charge on any atom is -0.396 e. The van der Waals surface area contributed by atoms with E-state index in [2.05, 4.69) is 54.4 Å². The number of hydrogen-bond acceptors (Lipinski definition) is 2. The Hall–Kier alpha value is -1.38. The molecule has 1 N–H and O–H groups in total. The molecule has 0 aliphatic rings. The van der Waals surface area contributed by atoms with Crippen LogP contribution in [0.4, 0.5) is 0 Å². The molecule has 0 saturated carbocycles. The molecule has 0 aromatic heterocycles. The van der Waals surface area contributed by atoms with Gasteiger partial charge in [0.2, 0.25) is 0 Å². The van der Waals surface area contributed by atoms with E-state index in [1.165, 1.54) is 16.3 Å². The first kappa shape index (κ1) is 14.0. The second kappa shape index (κ2) is 7.27. The van der Waals surface area contributed by atoms with E-state index < -0.39 is 0 Å². The molecule has 102 valence electrons. The van der Waals surface area contributed by atoms with E-state index in [0.29, 0.717) is 6.61 Å². The van der Waals surface area contributed by atoms with Crippen molar-refractivity contribution in [1.82, 2.24) is 4.90 Å². The van der Waals surface area contributed by atoms with Gasteiger partial charge < -0.3 is 10.0 Å². The third-order valence-electron chi connectivity index (χ3n) is 3.54. The number of rotatable bonds is 7. The summed E-state index contributed by atoms with van der Waals surface area (Å²) in [6.07, 6.45) is 3.06. The van der Waals surface area contributed by atoms with Crippen LogP contribution in [0.15, 0.2) is 42.5 Å². The largest absolute Gasteiger partial charge is 0.396 e. The number of likely N-dealkylation sites (N-methyl/N-ethyl adjacent to an activating group) is 1. The highest BCUT2D eigenvalue weighted by Gasteiger charge is 2.00. The van der Waals surface area contributed by atoms with Gasteiger partial charge >= 0.3 is 0 Å². The Balaban J connectivity index is 1.87. The molecule has 0 bridgehead atoms. The summed E-state index contributed by atoms with van der Waals surface area (Å²) in [5, 5.41) is 11.4. The summed E-state index contributed by atoms with van der Waals surface area (Å²) in [7, 11) is 2.15. The van der Waals surface area contributed by atoms with E-state index >= 15 is 0 Å². The van der Waals surface area contributed by atoms with Gasteiger partial charge in [-0.25, -0.2) is 0 Å². The molecule has 0 fully saturated rings. The van der Waals surface area contributed by atoms with Crippen LogP contribution < -0.4 is 0 Å². The molecule has 0 aliphatic heterocycles. The van der Waals surface area contributed by atoms with Crippen LogP contribution >= 0.6 is 0 Å². The van der Waals surface area contributed by atoms with Crippen molar-refractivity contribution in [1.29, 1.82) is 0 Å². The van der Waals surface area contributed by atoms with E-state index in [1.807, 2.05) is 0 Å². The van der Waals surface area contributed by atoms with Crippen LogP contribution in [0.3, 0.4) is 0 Å². The normalized spacial score (nSPS) is 11.3. The molecule has 2 heteroatoms. The number of hydrogen-bond donors (Lipinski definition) is 1. The highest BCUT2D eigenvalue weighted by Crippen LogP contribution is 2.16. The number of unbranched alkanes of at least 4 members (excludes halogenated alkanes) is 1. The van der Waals surface area contributed by atoms with E-state index in [-0.39, 0.29) is 0 Å². The van der Waals surface area contributed by atoms with Crippen molar-refractivity contribution in [2.24, 2.45) is 0 Å². The van der Waals surface area contributed by atoms with Crippen molar-refractivity contribution in [3.05, 3.63) is 48.0 Å². The van der Waals surface area contributed by atoms with Crippen LogP contribution in [-0.2, 0) is 6.42 Å². The minimum absolute atomic E-state index is 0.304. The molecular formula is C17H23NO. The van der Waals surface area contributed by atoms with Crippen LogP contribution in [0.2, 0.25) is 0 Å². The Morgan fingerprint density at radius 2 is 1.74 bits per heavy atom. The van der Waals surface area contributed by atoms with Crippen LogP contribution in [0.1, 0.15) is 18.4 Å². The molecule has 0 saturated heterocycles. The summed E-state index contributed by atoms with van der Waals surface area (Å²) in [5.41, 5.74) is 1.40. The van der Waals surface area contributed by atoms with Gasteiger partial charge in [-0.1, -0.05) is 42.5 Å². The second-order valence-electron chi connectivity index (χ2n) is 5.17. The molecule has 0 aliphatic carbocycles. The van der Waals surface area contributed by atoms with Gasteiger partial charge in [0, 0.05) is 13.2 Å². The Labute approximate surface area is 115 Å². The second-order valence-corrected chi connectivity index (χ2v) is 5.17. The van der Waals surface area contributed by atoms with Crippen LogP contribution in [0.25, 0.3) is 10.8 Å². The standard InChI is InChI=1S/C17H23NO/c1-18(11-4-5-13-19)12-10-15-8-9-16-6-2-3-7-17(16)14-15/h2-3,6-9,14,19H,4-5,10-13H2,1H3. The van der Waals surface area contributed by atoms with E-state index in [0.717, 1.165) is 32.4 Å². The van der Waals surface area contributed by atoms with E-state index in [1.54, 1.807) is 0 Å². The average molecular weight is 257 g/mol. The molecule has 0 unspecified atom stereocenters. The van der Waals surface area contributed by atoms with E-state index in [9.17, 15) is 0 Å². The molecule has 2 aromatic carbocycles. The van der Waals surface area contributed by atoms with Crippen LogP contribution in [0, 0.1) is 0 Å². The lowest BCUT2D eigenvalue weighted by Crippen LogP contribution is -2.22. The Bertz CT molecular complexity index is 509. The maximum Gasteiger partial charge on any atom is 0.0431 e. The van der Waals surface area contributed by atoms with Crippen LogP contribution in [-0.4, -0.2) is 36.8 Å². The summed E-state index contributed by atoms with van der Waals surface area (Å²) in [5.74, 6) is 0. The first-order valence-corrected chi connectivity index (χ1v) is 7.06. The lowest BCUT2D eigenvalue weighted by atomic mass is 10.1. The van der Waals surface area contributed by atoms with Crippen LogP contribution in [0.5, 0.6) is 0 Å². The number of aliphatic hydroxyl groups excluding tert-OH is 1. The summed E-state index contributed by atoms with van der Waals surface area (Å²) in [6, 6.07) is 15.2. The molecule has 19 heavy (non-hydrogen) atoms. The lowest BCUT2D eigenvalue weighted by Gasteiger charge is -2.16. The van der Waals surface area contributed by atoms with Crippen molar-refractivity contribution < 1.29 is 5.11 Å². The van der Waals surface area contributed by atoms with Crippen molar-refractivity contribution in [2.75, 3.05) is 26.7 Å². The van der Waals surface area contributed by atoms with E-state index in [4.69, 9.17) is 5.11 Å². The Morgan fingerprint density at radius 3 is 2.53 bits per heavy atom. The quantitative estimate of drug-likeness (QED) is 0.771. The van der Waals surface area contributed by atoms with Crippen molar-refractivity contribution in [2.45, 2.75) is 19.3 Å². The average Bonchev–Trinajstić information content (AvgIpc) is 2.45. The van der Waals surface area contributed by atoms with Gasteiger partial charge in [-0.2, -0.15) is 0 Å². The van der Waals surface area contributed by atoms with Crippen molar-refractivity contribution in [3.8, 4) is 0 Å². The van der Waals surface area contributed by atoms with Crippen molar-refractivity contribution >= 4 is 10.8 Å². The molecule has 0 heterocycles.